The van der Waals surface area contributed by atoms with Gasteiger partial charge in [-0.15, -0.1) is 0 Å². The first-order chi connectivity index (χ1) is 13.7. The molecule has 0 saturated heterocycles. The van der Waals surface area contributed by atoms with E-state index in [0.717, 1.165) is 36.5 Å². The highest BCUT2D eigenvalue weighted by Gasteiger charge is 2.56. The van der Waals surface area contributed by atoms with E-state index in [4.69, 9.17) is 0 Å². The molecule has 4 aliphatic carbocycles. The molecule has 29 heavy (non-hydrogen) atoms. The molecule has 0 spiro atoms. The highest BCUT2D eigenvalue weighted by atomic mass is 16.3. The topological polar surface area (TPSA) is 20.2 Å². The average Bonchev–Trinajstić information content (AvgIpc) is 3.03. The van der Waals surface area contributed by atoms with E-state index < -0.39 is 0 Å². The van der Waals surface area contributed by atoms with E-state index in [1.165, 1.54) is 37.7 Å². The number of allylic oxidation sites excluding steroid dienone is 5. The van der Waals surface area contributed by atoms with Gasteiger partial charge in [0.1, 0.15) is 0 Å². The second-order valence-corrected chi connectivity index (χ2v) is 11.9. The monoisotopic (exact) mass is 396 g/mol. The van der Waals surface area contributed by atoms with Crippen LogP contribution in [-0.4, -0.2) is 11.2 Å². The van der Waals surface area contributed by atoms with Crippen molar-refractivity contribution in [3.05, 3.63) is 35.5 Å². The summed E-state index contributed by atoms with van der Waals surface area (Å²) in [7, 11) is 0. The first kappa shape index (κ1) is 21.4. The summed E-state index contributed by atoms with van der Waals surface area (Å²) in [5.41, 5.74) is 4.07. The summed E-state index contributed by atoms with van der Waals surface area (Å²) >= 11 is 0. The summed E-state index contributed by atoms with van der Waals surface area (Å²) in [5, 5.41) is 10.2. The molecular formula is C28H44O. The van der Waals surface area contributed by atoms with Crippen molar-refractivity contribution in [3.8, 4) is 0 Å². The molecule has 4 rings (SSSR count). The molecule has 0 aromatic rings. The van der Waals surface area contributed by atoms with Gasteiger partial charge in [0.05, 0.1) is 6.10 Å². The number of aliphatic hydroxyl groups is 1. The number of aliphatic hydroxyl groups excluding tert-OH is 1. The van der Waals surface area contributed by atoms with E-state index in [-0.39, 0.29) is 6.10 Å². The second-order valence-electron chi connectivity index (χ2n) is 11.9. The third-order valence-corrected chi connectivity index (χ3v) is 10.0. The van der Waals surface area contributed by atoms with Crippen molar-refractivity contribution in [2.24, 2.45) is 46.3 Å². The van der Waals surface area contributed by atoms with E-state index >= 15 is 0 Å². The van der Waals surface area contributed by atoms with Gasteiger partial charge in [-0.2, -0.15) is 0 Å². The third-order valence-electron chi connectivity index (χ3n) is 10.0. The minimum atomic E-state index is -0.116. The second kappa shape index (κ2) is 7.70. The molecule has 0 aromatic heterocycles. The fourth-order valence-corrected chi connectivity index (χ4v) is 7.59. The Balaban J connectivity index is 1.57. The third kappa shape index (κ3) is 3.50. The summed E-state index contributed by atoms with van der Waals surface area (Å²) in [6.45, 7) is 14.6. The predicted molar refractivity (Wildman–Crippen MR) is 123 cm³/mol. The molecule has 0 amide bonds. The smallest absolute Gasteiger partial charge is 0.0578 e. The van der Waals surface area contributed by atoms with E-state index in [9.17, 15) is 5.11 Å². The number of hydrogen-bond donors (Lipinski definition) is 1. The largest absolute Gasteiger partial charge is 0.393 e. The molecule has 0 aromatic carbocycles. The van der Waals surface area contributed by atoms with E-state index in [0.29, 0.717) is 22.7 Å². The fourth-order valence-electron chi connectivity index (χ4n) is 7.59. The van der Waals surface area contributed by atoms with Crippen molar-refractivity contribution < 1.29 is 5.11 Å². The molecule has 7 unspecified atom stereocenters. The molecule has 0 heterocycles. The Morgan fingerprint density at radius 3 is 2.41 bits per heavy atom. The maximum atomic E-state index is 10.2. The lowest BCUT2D eigenvalue weighted by molar-refractivity contribution is 0.0382. The molecular weight excluding hydrogens is 352 g/mol. The molecule has 0 aliphatic heterocycles. The van der Waals surface area contributed by atoms with Crippen LogP contribution in [0.4, 0.5) is 0 Å². The SMILES string of the molecule is CC(C)C(C)/C=C/[C@@H](C)C1CCC2C3=CC=C4CC(O)CCC4(C)C3CCC21C. The lowest BCUT2D eigenvalue weighted by atomic mass is 9.50. The zero-order chi connectivity index (χ0) is 21.0. The molecule has 1 N–H and O–H groups in total. The van der Waals surface area contributed by atoms with Gasteiger partial charge >= 0.3 is 0 Å². The van der Waals surface area contributed by atoms with Gasteiger partial charge in [0.2, 0.25) is 0 Å². The molecule has 4 aliphatic rings. The van der Waals surface area contributed by atoms with Crippen LogP contribution in [0.15, 0.2) is 35.5 Å². The molecule has 162 valence electrons. The lowest BCUT2D eigenvalue weighted by Crippen LogP contribution is -2.46. The average molecular weight is 397 g/mol. The van der Waals surface area contributed by atoms with Crippen LogP contribution < -0.4 is 0 Å². The van der Waals surface area contributed by atoms with Crippen LogP contribution in [0.3, 0.4) is 0 Å². The van der Waals surface area contributed by atoms with Gasteiger partial charge in [-0.25, -0.2) is 0 Å². The minimum absolute atomic E-state index is 0.116. The Morgan fingerprint density at radius 2 is 1.69 bits per heavy atom. The summed E-state index contributed by atoms with van der Waals surface area (Å²) in [6, 6.07) is 0. The predicted octanol–water partition coefficient (Wildman–Crippen LogP) is 7.33. The normalized spacial score (nSPS) is 44.0. The van der Waals surface area contributed by atoms with Gasteiger partial charge in [0, 0.05) is 0 Å². The summed E-state index contributed by atoms with van der Waals surface area (Å²) < 4.78 is 0. The van der Waals surface area contributed by atoms with Crippen molar-refractivity contribution in [2.45, 2.75) is 92.6 Å². The fraction of sp³-hybridized carbons (Fsp3) is 0.786. The molecule has 3 saturated carbocycles. The molecule has 0 radical (unpaired) electrons. The van der Waals surface area contributed by atoms with E-state index in [2.05, 4.69) is 65.8 Å². The van der Waals surface area contributed by atoms with Gasteiger partial charge in [0.25, 0.3) is 0 Å². The highest BCUT2D eigenvalue weighted by Crippen LogP contribution is 2.65. The van der Waals surface area contributed by atoms with Crippen molar-refractivity contribution in [1.29, 1.82) is 0 Å². The Kier molecular flexibility index (Phi) is 5.69. The Labute approximate surface area is 179 Å². The maximum absolute atomic E-state index is 10.2. The Morgan fingerprint density at radius 1 is 0.931 bits per heavy atom. The highest BCUT2D eigenvalue weighted by molar-refractivity contribution is 5.39. The van der Waals surface area contributed by atoms with Crippen LogP contribution in [0.1, 0.15) is 86.5 Å². The van der Waals surface area contributed by atoms with Crippen LogP contribution in [0, 0.1) is 46.3 Å². The van der Waals surface area contributed by atoms with Crippen LogP contribution in [0.25, 0.3) is 0 Å². The zero-order valence-corrected chi connectivity index (χ0v) is 19.7. The molecule has 1 heteroatoms. The lowest BCUT2D eigenvalue weighted by Gasteiger charge is -2.55. The van der Waals surface area contributed by atoms with Crippen molar-refractivity contribution in [3.63, 3.8) is 0 Å². The first-order valence-electron chi connectivity index (χ1n) is 12.4. The maximum Gasteiger partial charge on any atom is 0.0578 e. The molecule has 0 bridgehead atoms. The van der Waals surface area contributed by atoms with Crippen LogP contribution in [-0.2, 0) is 0 Å². The van der Waals surface area contributed by atoms with E-state index in [1.54, 1.807) is 5.57 Å². The van der Waals surface area contributed by atoms with Crippen molar-refractivity contribution in [1.82, 2.24) is 0 Å². The summed E-state index contributed by atoms with van der Waals surface area (Å²) in [4.78, 5) is 0. The number of fused-ring (bicyclic) bond motifs is 5. The zero-order valence-electron chi connectivity index (χ0n) is 19.7. The van der Waals surface area contributed by atoms with Gasteiger partial charge in [-0.3, -0.25) is 0 Å². The van der Waals surface area contributed by atoms with Crippen LogP contribution >= 0.6 is 0 Å². The molecule has 1 nitrogen and oxygen atoms in total. The quantitative estimate of drug-likeness (QED) is 0.493. The molecule has 3 fully saturated rings. The van der Waals surface area contributed by atoms with Gasteiger partial charge < -0.3 is 5.11 Å². The Hall–Kier alpha value is -0.820. The van der Waals surface area contributed by atoms with Gasteiger partial charge in [-0.1, -0.05) is 77.0 Å². The minimum Gasteiger partial charge on any atom is -0.393 e. The van der Waals surface area contributed by atoms with Gasteiger partial charge in [-0.05, 0) is 91.3 Å². The van der Waals surface area contributed by atoms with Crippen LogP contribution in [0.5, 0.6) is 0 Å². The van der Waals surface area contributed by atoms with Gasteiger partial charge in [0.15, 0.2) is 0 Å². The van der Waals surface area contributed by atoms with E-state index in [1.807, 2.05) is 0 Å². The standard InChI is InChI=1S/C28H44O/c1-18(2)19(3)7-8-20(4)24-11-12-25-23-10-9-21-17-22(29)13-15-27(21,5)26(23)14-16-28(24,25)6/h7-10,18-20,22,24-26,29H,11-17H2,1-6H3/b8-7+/t19?,20-,22?,24?,25?,26?,27?,28?/m1/s1. The summed E-state index contributed by atoms with van der Waals surface area (Å²) in [5.74, 6) is 4.38. The Bertz CT molecular complexity index is 712. The number of hydrogen-bond acceptors (Lipinski definition) is 1. The summed E-state index contributed by atoms with van der Waals surface area (Å²) in [6.07, 6.45) is 18.4. The van der Waals surface area contributed by atoms with Crippen LogP contribution in [0.2, 0.25) is 0 Å². The van der Waals surface area contributed by atoms with Crippen molar-refractivity contribution >= 4 is 0 Å². The van der Waals surface area contributed by atoms with Crippen molar-refractivity contribution in [2.75, 3.05) is 0 Å². The first-order valence-corrected chi connectivity index (χ1v) is 12.4. The molecule has 8 atom stereocenters. The number of rotatable bonds is 4.